The minimum Gasteiger partial charge on any atom is -0.467 e. The molecule has 7 heteroatoms. The Balaban J connectivity index is 1.40. The molecule has 1 saturated heterocycles. The van der Waals surface area contributed by atoms with Crippen LogP contribution in [-0.4, -0.2) is 33.6 Å². The number of amides is 2. The highest BCUT2D eigenvalue weighted by molar-refractivity contribution is 5.75. The first kappa shape index (κ1) is 15.6. The Morgan fingerprint density at radius 2 is 2.00 bits per heavy atom. The summed E-state index contributed by atoms with van der Waals surface area (Å²) in [4.78, 5) is 29.2. The normalized spacial score (nSPS) is 15.6. The number of aromatic amines is 1. The molecule has 0 radical (unpaired) electrons. The van der Waals surface area contributed by atoms with E-state index in [9.17, 15) is 9.59 Å². The molecule has 1 aliphatic rings. The summed E-state index contributed by atoms with van der Waals surface area (Å²) in [6, 6.07) is 11.3. The number of benzene rings is 1. The van der Waals surface area contributed by atoms with Crippen molar-refractivity contribution in [1.82, 2.24) is 19.8 Å². The van der Waals surface area contributed by atoms with Crippen molar-refractivity contribution in [3.05, 3.63) is 58.9 Å². The number of piperidine rings is 1. The summed E-state index contributed by atoms with van der Waals surface area (Å²) < 4.78 is 7.04. The van der Waals surface area contributed by atoms with Gasteiger partial charge in [-0.15, -0.1) is 0 Å². The Labute approximate surface area is 144 Å². The number of hydrogen-bond donors (Lipinski definition) is 2. The second-order valence-electron chi connectivity index (χ2n) is 6.27. The molecule has 2 N–H and O–H groups in total. The molecule has 0 aliphatic carbocycles. The monoisotopic (exact) mass is 340 g/mol. The van der Waals surface area contributed by atoms with Crippen LogP contribution in [0, 0.1) is 0 Å². The molecule has 25 heavy (non-hydrogen) atoms. The second-order valence-corrected chi connectivity index (χ2v) is 6.27. The van der Waals surface area contributed by atoms with Crippen LogP contribution >= 0.6 is 0 Å². The van der Waals surface area contributed by atoms with Crippen LogP contribution in [0.15, 0.2) is 51.9 Å². The van der Waals surface area contributed by atoms with Crippen LogP contribution in [0.5, 0.6) is 0 Å². The Kier molecular flexibility index (Phi) is 4.05. The van der Waals surface area contributed by atoms with Crippen molar-refractivity contribution in [2.75, 3.05) is 13.1 Å². The number of carbonyl (C=O) groups is 1. The number of aromatic nitrogens is 2. The molecule has 1 fully saturated rings. The molecule has 2 amide bonds. The molecule has 2 aromatic heterocycles. The van der Waals surface area contributed by atoms with Crippen LogP contribution in [-0.2, 0) is 6.54 Å². The Morgan fingerprint density at radius 1 is 1.20 bits per heavy atom. The first-order valence-corrected chi connectivity index (χ1v) is 8.47. The lowest BCUT2D eigenvalue weighted by molar-refractivity contribution is 0.170. The van der Waals surface area contributed by atoms with Gasteiger partial charge in [-0.25, -0.2) is 9.59 Å². The first-order valence-electron chi connectivity index (χ1n) is 8.47. The highest BCUT2D eigenvalue weighted by atomic mass is 16.3. The molecule has 130 valence electrons. The molecule has 0 atom stereocenters. The number of nitrogens with zero attached hydrogens (tertiary/aromatic N) is 2. The SMILES string of the molecule is O=C(NCc1ccco1)N1CCC(n2c(=O)[nH]c3ccccc32)CC1. The van der Waals surface area contributed by atoms with Gasteiger partial charge < -0.3 is 19.6 Å². The zero-order valence-corrected chi connectivity index (χ0v) is 13.8. The maximum atomic E-state index is 12.3. The zero-order chi connectivity index (χ0) is 17.2. The van der Waals surface area contributed by atoms with Crippen LogP contribution in [0.25, 0.3) is 11.0 Å². The van der Waals surface area contributed by atoms with E-state index in [-0.39, 0.29) is 17.8 Å². The van der Waals surface area contributed by atoms with E-state index in [0.717, 1.165) is 29.6 Å². The number of nitrogens with one attached hydrogen (secondary N) is 2. The van der Waals surface area contributed by atoms with E-state index in [4.69, 9.17) is 4.42 Å². The first-order chi connectivity index (χ1) is 12.2. The standard InChI is InChI=1S/C18H20N4O3/c23-17(19-12-14-4-3-11-25-14)21-9-7-13(8-10-21)22-16-6-2-1-5-15(16)20-18(22)24/h1-6,11,13H,7-10,12H2,(H,19,23)(H,20,24). The minimum atomic E-state index is -0.0962. The van der Waals surface area contributed by atoms with Crippen molar-refractivity contribution in [3.8, 4) is 0 Å². The second kappa shape index (κ2) is 6.51. The summed E-state index contributed by atoms with van der Waals surface area (Å²) in [5, 5.41) is 2.86. The van der Waals surface area contributed by atoms with Gasteiger partial charge in [0.2, 0.25) is 0 Å². The molecular weight excluding hydrogens is 320 g/mol. The van der Waals surface area contributed by atoms with Crippen molar-refractivity contribution in [2.24, 2.45) is 0 Å². The van der Waals surface area contributed by atoms with Gasteiger partial charge in [-0.1, -0.05) is 12.1 Å². The van der Waals surface area contributed by atoms with Gasteiger partial charge in [0.25, 0.3) is 0 Å². The lowest BCUT2D eigenvalue weighted by atomic mass is 10.0. The smallest absolute Gasteiger partial charge is 0.326 e. The molecule has 4 rings (SSSR count). The number of H-pyrrole nitrogens is 1. The zero-order valence-electron chi connectivity index (χ0n) is 13.8. The highest BCUT2D eigenvalue weighted by Gasteiger charge is 2.25. The van der Waals surface area contributed by atoms with Gasteiger partial charge >= 0.3 is 11.7 Å². The minimum absolute atomic E-state index is 0.0816. The predicted octanol–water partition coefficient (Wildman–Crippen LogP) is 2.47. The summed E-state index contributed by atoms with van der Waals surface area (Å²) in [6.45, 7) is 1.63. The van der Waals surface area contributed by atoms with Gasteiger partial charge in [0.15, 0.2) is 0 Å². The number of urea groups is 1. The van der Waals surface area contributed by atoms with Crippen molar-refractivity contribution in [2.45, 2.75) is 25.4 Å². The summed E-state index contributed by atoms with van der Waals surface area (Å²) in [5.74, 6) is 0.730. The lowest BCUT2D eigenvalue weighted by Crippen LogP contribution is -2.45. The Hall–Kier alpha value is -2.96. The van der Waals surface area contributed by atoms with Gasteiger partial charge in [-0.2, -0.15) is 0 Å². The molecule has 3 aromatic rings. The quantitative estimate of drug-likeness (QED) is 0.768. The molecule has 7 nitrogen and oxygen atoms in total. The van der Waals surface area contributed by atoms with E-state index in [1.807, 2.05) is 34.9 Å². The lowest BCUT2D eigenvalue weighted by Gasteiger charge is -2.32. The topological polar surface area (TPSA) is 83.3 Å². The average Bonchev–Trinajstić information content (AvgIpc) is 3.26. The molecule has 0 unspecified atom stereocenters. The van der Waals surface area contributed by atoms with Crippen molar-refractivity contribution < 1.29 is 9.21 Å². The summed E-state index contributed by atoms with van der Waals surface area (Å²) in [6.07, 6.45) is 3.11. The van der Waals surface area contributed by atoms with Gasteiger partial charge in [0.1, 0.15) is 5.76 Å². The van der Waals surface area contributed by atoms with Crippen molar-refractivity contribution in [1.29, 1.82) is 0 Å². The van der Waals surface area contributed by atoms with Crippen molar-refractivity contribution >= 4 is 17.1 Å². The Bertz CT molecular complexity index is 917. The van der Waals surface area contributed by atoms with Gasteiger partial charge in [-0.3, -0.25) is 4.57 Å². The van der Waals surface area contributed by atoms with E-state index < -0.39 is 0 Å². The van der Waals surface area contributed by atoms with Crippen LogP contribution in [0.3, 0.4) is 0 Å². The fourth-order valence-electron chi connectivity index (χ4n) is 3.45. The third kappa shape index (κ3) is 3.05. The molecular formula is C18H20N4O3. The maximum absolute atomic E-state index is 12.3. The van der Waals surface area contributed by atoms with Gasteiger partial charge in [-0.05, 0) is 37.1 Å². The van der Waals surface area contributed by atoms with Gasteiger partial charge in [0.05, 0.1) is 23.8 Å². The largest absolute Gasteiger partial charge is 0.467 e. The van der Waals surface area contributed by atoms with Crippen LogP contribution in [0.1, 0.15) is 24.6 Å². The van der Waals surface area contributed by atoms with E-state index >= 15 is 0 Å². The number of furan rings is 1. The van der Waals surface area contributed by atoms with Crippen molar-refractivity contribution in [3.63, 3.8) is 0 Å². The molecule has 1 aliphatic heterocycles. The number of para-hydroxylation sites is 2. The fourth-order valence-corrected chi connectivity index (χ4v) is 3.45. The number of likely N-dealkylation sites (tertiary alicyclic amines) is 1. The molecule has 0 saturated carbocycles. The van der Waals surface area contributed by atoms with E-state index in [2.05, 4.69) is 10.3 Å². The summed E-state index contributed by atoms with van der Waals surface area (Å²) >= 11 is 0. The third-order valence-corrected chi connectivity index (χ3v) is 4.73. The maximum Gasteiger partial charge on any atom is 0.326 e. The fraction of sp³-hybridized carbons (Fsp3) is 0.333. The van der Waals surface area contributed by atoms with E-state index in [1.165, 1.54) is 0 Å². The summed E-state index contributed by atoms with van der Waals surface area (Å²) in [5.41, 5.74) is 1.70. The summed E-state index contributed by atoms with van der Waals surface area (Å²) in [7, 11) is 0. The number of rotatable bonds is 3. The number of fused-ring (bicyclic) bond motifs is 1. The number of hydrogen-bond acceptors (Lipinski definition) is 3. The molecule has 0 bridgehead atoms. The molecule has 3 heterocycles. The van der Waals surface area contributed by atoms with Crippen LogP contribution in [0.2, 0.25) is 0 Å². The molecule has 1 aromatic carbocycles. The number of carbonyl (C=O) groups excluding carboxylic acids is 1. The van der Waals surface area contributed by atoms with Gasteiger partial charge in [0, 0.05) is 19.1 Å². The van der Waals surface area contributed by atoms with Crippen LogP contribution < -0.4 is 11.0 Å². The average molecular weight is 340 g/mol. The molecule has 0 spiro atoms. The van der Waals surface area contributed by atoms with E-state index in [0.29, 0.717) is 19.6 Å². The number of imidazole rings is 1. The van der Waals surface area contributed by atoms with E-state index in [1.54, 1.807) is 17.2 Å². The Morgan fingerprint density at radius 3 is 2.76 bits per heavy atom. The third-order valence-electron chi connectivity index (χ3n) is 4.73. The highest BCUT2D eigenvalue weighted by Crippen LogP contribution is 2.24. The van der Waals surface area contributed by atoms with Crippen LogP contribution in [0.4, 0.5) is 4.79 Å². The predicted molar refractivity (Wildman–Crippen MR) is 93.3 cm³/mol.